The number of nitriles is 1. The van der Waals surface area contributed by atoms with Crippen molar-refractivity contribution in [2.24, 2.45) is 11.8 Å². The lowest BCUT2D eigenvalue weighted by atomic mass is 9.74. The Bertz CT molecular complexity index is 1220. The number of aromatic nitrogens is 2. The molecule has 2 aromatic carbocycles. The minimum absolute atomic E-state index is 0.0620. The Morgan fingerprint density at radius 1 is 1.06 bits per heavy atom. The van der Waals surface area contributed by atoms with Gasteiger partial charge in [0.05, 0.1) is 24.2 Å². The van der Waals surface area contributed by atoms with Crippen molar-refractivity contribution in [1.29, 1.82) is 5.26 Å². The minimum atomic E-state index is -0.503. The molecule has 1 saturated carbocycles. The van der Waals surface area contributed by atoms with Crippen LogP contribution in [-0.4, -0.2) is 28.7 Å². The first kappa shape index (κ1) is 24.9. The van der Waals surface area contributed by atoms with Gasteiger partial charge in [-0.05, 0) is 86.4 Å². The van der Waals surface area contributed by atoms with Crippen molar-refractivity contribution in [2.45, 2.75) is 45.4 Å². The van der Waals surface area contributed by atoms with Crippen LogP contribution in [0.1, 0.15) is 67.3 Å². The highest BCUT2D eigenvalue weighted by molar-refractivity contribution is 6.00. The van der Waals surface area contributed by atoms with Gasteiger partial charge in [-0.25, -0.2) is 0 Å². The number of carbonyl (C=O) groups excluding carboxylic acids is 2. The van der Waals surface area contributed by atoms with E-state index in [4.69, 9.17) is 14.4 Å². The van der Waals surface area contributed by atoms with Crippen molar-refractivity contribution in [3.63, 3.8) is 0 Å². The van der Waals surface area contributed by atoms with Gasteiger partial charge in [-0.2, -0.15) is 5.26 Å². The average Bonchev–Trinajstić information content (AvgIpc) is 3.38. The summed E-state index contributed by atoms with van der Waals surface area (Å²) in [6.07, 6.45) is 4.05. The number of carbonyl (C=O) groups is 2. The molecular formula is C27H29N5O4. The standard InChI is InChI=1S/C27H29N5O4/c1-3-35-26(34)17(2)19-6-8-20(9-7-19)21-10-14-22(15-11-21)29-24(33)25-31-32-27(36-25)30-23-12-4-18(16-28)5-13-23/h4-5,10-15,17,19-20H,3,6-9H2,1-2H3,(H,29,33)(H,30,32). The summed E-state index contributed by atoms with van der Waals surface area (Å²) < 4.78 is 10.6. The molecule has 4 rings (SSSR count). The molecule has 1 unspecified atom stereocenters. The van der Waals surface area contributed by atoms with Gasteiger partial charge in [0.1, 0.15) is 0 Å². The Morgan fingerprint density at radius 3 is 2.36 bits per heavy atom. The van der Waals surface area contributed by atoms with Crippen LogP contribution in [0.3, 0.4) is 0 Å². The van der Waals surface area contributed by atoms with E-state index in [-0.39, 0.29) is 23.8 Å². The molecule has 36 heavy (non-hydrogen) atoms. The SMILES string of the molecule is CCOC(=O)C(C)C1CCC(c2ccc(NC(=O)c3nnc(Nc4ccc(C#N)cc4)o3)cc2)CC1. The monoisotopic (exact) mass is 487 g/mol. The number of esters is 1. The summed E-state index contributed by atoms with van der Waals surface area (Å²) in [5.41, 5.74) is 3.05. The van der Waals surface area contributed by atoms with E-state index in [0.29, 0.717) is 35.4 Å². The third kappa shape index (κ3) is 6.08. The van der Waals surface area contributed by atoms with Crippen LogP contribution in [0.2, 0.25) is 0 Å². The van der Waals surface area contributed by atoms with E-state index in [0.717, 1.165) is 25.7 Å². The summed E-state index contributed by atoms with van der Waals surface area (Å²) in [6.45, 7) is 4.23. The molecule has 1 aliphatic carbocycles. The first-order chi connectivity index (χ1) is 17.5. The predicted molar refractivity (Wildman–Crippen MR) is 134 cm³/mol. The first-order valence-electron chi connectivity index (χ1n) is 12.2. The van der Waals surface area contributed by atoms with Gasteiger partial charge in [0.15, 0.2) is 0 Å². The van der Waals surface area contributed by atoms with Gasteiger partial charge in [-0.1, -0.05) is 24.2 Å². The average molecular weight is 488 g/mol. The molecule has 0 spiro atoms. The Kier molecular flexibility index (Phi) is 7.95. The third-order valence-corrected chi connectivity index (χ3v) is 6.66. The maximum absolute atomic E-state index is 12.5. The molecule has 1 aliphatic rings. The second-order valence-corrected chi connectivity index (χ2v) is 8.96. The summed E-state index contributed by atoms with van der Waals surface area (Å²) >= 11 is 0. The molecule has 0 radical (unpaired) electrons. The van der Waals surface area contributed by atoms with E-state index < -0.39 is 5.91 Å². The molecular weight excluding hydrogens is 458 g/mol. The summed E-state index contributed by atoms with van der Waals surface area (Å²) in [5, 5.41) is 22.2. The van der Waals surface area contributed by atoms with Gasteiger partial charge in [0.2, 0.25) is 0 Å². The van der Waals surface area contributed by atoms with Gasteiger partial charge in [-0.3, -0.25) is 9.59 Å². The molecule has 9 nitrogen and oxygen atoms in total. The molecule has 9 heteroatoms. The van der Waals surface area contributed by atoms with Crippen molar-refractivity contribution in [3.05, 3.63) is 65.5 Å². The van der Waals surface area contributed by atoms with Crippen LogP contribution in [0.4, 0.5) is 17.4 Å². The highest BCUT2D eigenvalue weighted by Gasteiger charge is 2.30. The van der Waals surface area contributed by atoms with Gasteiger partial charge in [-0.15, -0.1) is 5.10 Å². The summed E-state index contributed by atoms with van der Waals surface area (Å²) in [5.74, 6) is -0.0231. The zero-order valence-corrected chi connectivity index (χ0v) is 20.4. The molecule has 1 atom stereocenters. The zero-order chi connectivity index (χ0) is 25.5. The van der Waals surface area contributed by atoms with Gasteiger partial charge in [0.25, 0.3) is 0 Å². The number of ether oxygens (including phenoxy) is 1. The molecule has 3 aromatic rings. The van der Waals surface area contributed by atoms with E-state index in [1.54, 1.807) is 24.3 Å². The second kappa shape index (κ2) is 11.5. The van der Waals surface area contributed by atoms with Crippen molar-refractivity contribution >= 4 is 29.3 Å². The molecule has 1 amide bonds. The van der Waals surface area contributed by atoms with Crippen LogP contribution in [0.5, 0.6) is 0 Å². The lowest BCUT2D eigenvalue weighted by Crippen LogP contribution is -2.26. The van der Waals surface area contributed by atoms with Gasteiger partial charge >= 0.3 is 23.8 Å². The minimum Gasteiger partial charge on any atom is -0.466 e. The van der Waals surface area contributed by atoms with E-state index in [9.17, 15) is 9.59 Å². The maximum atomic E-state index is 12.5. The lowest BCUT2D eigenvalue weighted by Gasteiger charge is -2.31. The second-order valence-electron chi connectivity index (χ2n) is 8.96. The fourth-order valence-electron chi connectivity index (χ4n) is 4.56. The number of amides is 1. The number of nitrogens with zero attached hydrogens (tertiary/aromatic N) is 3. The normalized spacial score (nSPS) is 18.0. The number of hydrogen-bond acceptors (Lipinski definition) is 8. The molecule has 186 valence electrons. The summed E-state index contributed by atoms with van der Waals surface area (Å²) in [6, 6.07) is 16.6. The lowest BCUT2D eigenvalue weighted by molar-refractivity contribution is -0.149. The largest absolute Gasteiger partial charge is 0.466 e. The van der Waals surface area contributed by atoms with Crippen molar-refractivity contribution in [2.75, 3.05) is 17.2 Å². The highest BCUT2D eigenvalue weighted by atomic mass is 16.5. The van der Waals surface area contributed by atoms with Crippen LogP contribution in [0.25, 0.3) is 0 Å². The maximum Gasteiger partial charge on any atom is 0.320 e. The molecule has 0 saturated heterocycles. The molecule has 1 heterocycles. The molecule has 1 aromatic heterocycles. The predicted octanol–water partition coefficient (Wildman–Crippen LogP) is 5.41. The molecule has 1 fully saturated rings. The Hall–Kier alpha value is -4.19. The van der Waals surface area contributed by atoms with E-state index in [2.05, 4.69) is 20.8 Å². The van der Waals surface area contributed by atoms with E-state index in [1.165, 1.54) is 5.56 Å². The highest BCUT2D eigenvalue weighted by Crippen LogP contribution is 2.39. The van der Waals surface area contributed by atoms with E-state index in [1.807, 2.05) is 44.2 Å². The molecule has 0 aliphatic heterocycles. The summed E-state index contributed by atoms with van der Waals surface area (Å²) in [7, 11) is 0. The van der Waals surface area contributed by atoms with Crippen molar-refractivity contribution in [1.82, 2.24) is 10.2 Å². The summed E-state index contributed by atoms with van der Waals surface area (Å²) in [4.78, 5) is 24.6. The molecule has 0 bridgehead atoms. The number of anilines is 3. The van der Waals surface area contributed by atoms with Crippen LogP contribution < -0.4 is 10.6 Å². The first-order valence-corrected chi connectivity index (χ1v) is 12.2. The fraction of sp³-hybridized carbons (Fsp3) is 0.370. The van der Waals surface area contributed by atoms with Crippen molar-refractivity contribution in [3.8, 4) is 6.07 Å². The van der Waals surface area contributed by atoms with Crippen LogP contribution >= 0.6 is 0 Å². The van der Waals surface area contributed by atoms with Gasteiger partial charge < -0.3 is 19.8 Å². The smallest absolute Gasteiger partial charge is 0.320 e. The number of nitrogens with one attached hydrogen (secondary N) is 2. The van der Waals surface area contributed by atoms with Crippen molar-refractivity contribution < 1.29 is 18.7 Å². The quantitative estimate of drug-likeness (QED) is 0.403. The van der Waals surface area contributed by atoms with Crippen LogP contribution in [0, 0.1) is 23.2 Å². The number of benzene rings is 2. The van der Waals surface area contributed by atoms with Gasteiger partial charge in [0, 0.05) is 11.4 Å². The number of rotatable bonds is 8. The Labute approximate surface area is 209 Å². The molecule has 2 N–H and O–H groups in total. The zero-order valence-electron chi connectivity index (χ0n) is 20.4. The third-order valence-electron chi connectivity index (χ3n) is 6.66. The van der Waals surface area contributed by atoms with Crippen LogP contribution in [-0.2, 0) is 9.53 Å². The Morgan fingerprint density at radius 2 is 1.72 bits per heavy atom. The van der Waals surface area contributed by atoms with Crippen LogP contribution in [0.15, 0.2) is 52.9 Å². The fourth-order valence-corrected chi connectivity index (χ4v) is 4.56. The van der Waals surface area contributed by atoms with E-state index >= 15 is 0 Å². The Balaban J connectivity index is 1.29. The number of hydrogen-bond donors (Lipinski definition) is 2. The topological polar surface area (TPSA) is 130 Å².